The smallest absolute Gasteiger partial charge is 0.338 e. The summed E-state index contributed by atoms with van der Waals surface area (Å²) in [5.41, 5.74) is 6.30. The lowest BCUT2D eigenvalue weighted by atomic mass is 9.93. The van der Waals surface area contributed by atoms with E-state index in [2.05, 4.69) is 18.8 Å². The molecule has 0 fully saturated rings. The highest BCUT2D eigenvalue weighted by Crippen LogP contribution is 2.31. The Hall–Kier alpha value is -4.04. The number of aryl methyl sites for hydroxylation is 1. The van der Waals surface area contributed by atoms with Crippen molar-refractivity contribution in [1.29, 1.82) is 0 Å². The van der Waals surface area contributed by atoms with Crippen LogP contribution in [-0.4, -0.2) is 21.7 Å². The maximum absolute atomic E-state index is 14.0. The van der Waals surface area contributed by atoms with Crippen molar-refractivity contribution in [1.82, 2.24) is 9.13 Å². The van der Waals surface area contributed by atoms with Gasteiger partial charge in [-0.25, -0.2) is 14.2 Å². The predicted octanol–water partition coefficient (Wildman–Crippen LogP) is 5.47. The first-order chi connectivity index (χ1) is 19.1. The van der Waals surface area contributed by atoms with Gasteiger partial charge in [-0.05, 0) is 86.7 Å². The lowest BCUT2D eigenvalue weighted by molar-refractivity contribution is -0.139. The predicted molar refractivity (Wildman–Crippen MR) is 156 cm³/mol. The Balaban J connectivity index is 1.67. The number of benzene rings is 2. The van der Waals surface area contributed by atoms with E-state index in [1.54, 1.807) is 30.5 Å². The number of carbonyl (C=O) groups is 1. The van der Waals surface area contributed by atoms with Crippen LogP contribution in [0.25, 0.3) is 11.8 Å². The SMILES string of the molecule is CCOC(=O)C1=C(C)N=c2s/c(=C\c3cc(C)n(-c4ccc(F)cc4)c3C)c(=O)n2[C@@H]1c1ccc(C(C)C)cc1. The van der Waals surface area contributed by atoms with E-state index in [1.807, 2.05) is 54.8 Å². The molecule has 40 heavy (non-hydrogen) atoms. The van der Waals surface area contributed by atoms with Gasteiger partial charge in [-0.3, -0.25) is 9.36 Å². The number of hydrogen-bond acceptors (Lipinski definition) is 5. The van der Waals surface area contributed by atoms with Gasteiger partial charge in [0.15, 0.2) is 4.80 Å². The largest absolute Gasteiger partial charge is 0.463 e. The maximum atomic E-state index is 14.0. The molecule has 206 valence electrons. The minimum atomic E-state index is -0.648. The molecule has 3 heterocycles. The molecule has 0 N–H and O–H groups in total. The quantitative estimate of drug-likeness (QED) is 0.296. The van der Waals surface area contributed by atoms with Gasteiger partial charge in [-0.15, -0.1) is 0 Å². The summed E-state index contributed by atoms with van der Waals surface area (Å²) in [6.07, 6.45) is 1.87. The van der Waals surface area contributed by atoms with Gasteiger partial charge in [0.1, 0.15) is 5.82 Å². The van der Waals surface area contributed by atoms with E-state index in [9.17, 15) is 14.0 Å². The van der Waals surface area contributed by atoms with E-state index >= 15 is 0 Å². The van der Waals surface area contributed by atoms with Crippen molar-refractivity contribution in [3.05, 3.63) is 119 Å². The zero-order chi connectivity index (χ0) is 28.7. The summed E-state index contributed by atoms with van der Waals surface area (Å²) in [5, 5.41) is 0. The van der Waals surface area contributed by atoms with Crippen LogP contribution in [0.4, 0.5) is 4.39 Å². The Morgan fingerprint density at radius 2 is 1.77 bits per heavy atom. The van der Waals surface area contributed by atoms with Gasteiger partial charge in [0.25, 0.3) is 5.56 Å². The van der Waals surface area contributed by atoms with Crippen LogP contribution in [0.5, 0.6) is 0 Å². The van der Waals surface area contributed by atoms with Crippen molar-refractivity contribution in [3.63, 3.8) is 0 Å². The summed E-state index contributed by atoms with van der Waals surface area (Å²) < 4.78 is 23.1. The average Bonchev–Trinajstić information content (AvgIpc) is 3.38. The molecule has 6 nitrogen and oxygen atoms in total. The first-order valence-corrected chi connectivity index (χ1v) is 14.2. The van der Waals surface area contributed by atoms with E-state index in [0.717, 1.165) is 28.2 Å². The number of fused-ring (bicyclic) bond motifs is 1. The fourth-order valence-corrected chi connectivity index (χ4v) is 6.27. The molecular formula is C32H32FN3O3S. The molecule has 1 aliphatic heterocycles. The van der Waals surface area contributed by atoms with E-state index < -0.39 is 12.0 Å². The third-order valence-corrected chi connectivity index (χ3v) is 8.26. The van der Waals surface area contributed by atoms with Gasteiger partial charge in [0.2, 0.25) is 0 Å². The zero-order valence-electron chi connectivity index (χ0n) is 23.5. The van der Waals surface area contributed by atoms with Gasteiger partial charge in [-0.1, -0.05) is 49.4 Å². The van der Waals surface area contributed by atoms with Crippen LogP contribution in [0.2, 0.25) is 0 Å². The molecule has 4 aromatic rings. The fourth-order valence-electron chi connectivity index (χ4n) is 5.23. The van der Waals surface area contributed by atoms with E-state index in [4.69, 9.17) is 4.74 Å². The molecule has 0 bridgehead atoms. The van der Waals surface area contributed by atoms with Crippen LogP contribution in [0, 0.1) is 19.7 Å². The van der Waals surface area contributed by atoms with E-state index in [1.165, 1.54) is 29.0 Å². The highest BCUT2D eigenvalue weighted by molar-refractivity contribution is 7.07. The number of hydrogen-bond donors (Lipinski definition) is 0. The maximum Gasteiger partial charge on any atom is 0.338 e. The van der Waals surface area contributed by atoms with Gasteiger partial charge in [-0.2, -0.15) is 0 Å². The minimum absolute atomic E-state index is 0.220. The molecular weight excluding hydrogens is 525 g/mol. The Morgan fingerprint density at radius 3 is 2.40 bits per heavy atom. The van der Waals surface area contributed by atoms with Gasteiger partial charge >= 0.3 is 5.97 Å². The third kappa shape index (κ3) is 4.88. The Morgan fingerprint density at radius 1 is 1.10 bits per heavy atom. The standard InChI is InChI=1S/C32H32FN3O3S/c1-7-39-31(38)28-20(5)34-32-36(29(28)23-10-8-22(9-11-23)18(2)3)30(37)27(40-32)17-24-16-19(4)35(21(24)6)26-14-12-25(33)13-15-26/h8-18,29H,7H2,1-6H3/b27-17-/t29-/m1/s1. The topological polar surface area (TPSA) is 65.6 Å². The second-order valence-electron chi connectivity index (χ2n) is 10.3. The van der Waals surface area contributed by atoms with Crippen molar-refractivity contribution < 1.29 is 13.9 Å². The lowest BCUT2D eigenvalue weighted by Crippen LogP contribution is -2.39. The molecule has 0 spiro atoms. The molecule has 0 aliphatic carbocycles. The number of thiazole rings is 1. The number of ether oxygens (including phenoxy) is 1. The molecule has 0 saturated carbocycles. The van der Waals surface area contributed by atoms with Gasteiger partial charge in [0.05, 0.1) is 28.5 Å². The van der Waals surface area contributed by atoms with Crippen molar-refractivity contribution in [3.8, 4) is 5.69 Å². The van der Waals surface area contributed by atoms with Crippen LogP contribution in [0.1, 0.15) is 67.7 Å². The summed E-state index contributed by atoms with van der Waals surface area (Å²) in [5.74, 6) is -0.413. The summed E-state index contributed by atoms with van der Waals surface area (Å²) in [6.45, 7) is 12.0. The number of nitrogens with zero attached hydrogens (tertiary/aromatic N) is 3. The summed E-state index contributed by atoms with van der Waals surface area (Å²) >= 11 is 1.30. The first-order valence-electron chi connectivity index (χ1n) is 13.3. The van der Waals surface area contributed by atoms with Crippen molar-refractivity contribution in [2.24, 2.45) is 4.99 Å². The van der Waals surface area contributed by atoms with Crippen molar-refractivity contribution in [2.75, 3.05) is 6.61 Å². The normalized spacial score (nSPS) is 15.4. The summed E-state index contributed by atoms with van der Waals surface area (Å²) in [7, 11) is 0. The van der Waals surface area contributed by atoms with E-state index in [0.29, 0.717) is 26.5 Å². The first kappa shape index (κ1) is 27.5. The second-order valence-corrected chi connectivity index (χ2v) is 11.3. The second kappa shape index (κ2) is 10.8. The number of carbonyl (C=O) groups excluding carboxylic acids is 1. The van der Waals surface area contributed by atoms with Crippen LogP contribution < -0.4 is 14.9 Å². The molecule has 2 aromatic heterocycles. The van der Waals surface area contributed by atoms with E-state index in [-0.39, 0.29) is 18.0 Å². The molecule has 5 rings (SSSR count). The third-order valence-electron chi connectivity index (χ3n) is 7.28. The highest BCUT2D eigenvalue weighted by Gasteiger charge is 2.33. The molecule has 1 atom stereocenters. The minimum Gasteiger partial charge on any atom is -0.463 e. The molecule has 0 amide bonds. The van der Waals surface area contributed by atoms with Gasteiger partial charge in [0, 0.05) is 17.1 Å². The summed E-state index contributed by atoms with van der Waals surface area (Å²) in [4.78, 5) is 32.3. The zero-order valence-corrected chi connectivity index (χ0v) is 24.3. The molecule has 1 aliphatic rings. The van der Waals surface area contributed by atoms with Crippen LogP contribution in [-0.2, 0) is 9.53 Å². The number of allylic oxidation sites excluding steroid dienone is 1. The number of aromatic nitrogens is 2. The number of esters is 1. The van der Waals surface area contributed by atoms with Crippen LogP contribution >= 0.6 is 11.3 Å². The van der Waals surface area contributed by atoms with Crippen LogP contribution in [0.3, 0.4) is 0 Å². The molecule has 0 unspecified atom stereocenters. The fraction of sp³-hybridized carbons (Fsp3) is 0.281. The Bertz CT molecular complexity index is 1810. The highest BCUT2D eigenvalue weighted by atomic mass is 32.1. The molecule has 0 radical (unpaired) electrons. The Kier molecular flexibility index (Phi) is 7.47. The van der Waals surface area contributed by atoms with Crippen molar-refractivity contribution in [2.45, 2.75) is 53.5 Å². The average molecular weight is 558 g/mol. The monoisotopic (exact) mass is 557 g/mol. The molecule has 0 saturated heterocycles. The Labute approximate surface area is 236 Å². The van der Waals surface area contributed by atoms with Gasteiger partial charge < -0.3 is 9.30 Å². The number of rotatable bonds is 6. The van der Waals surface area contributed by atoms with Crippen molar-refractivity contribution >= 4 is 23.4 Å². The lowest BCUT2D eigenvalue weighted by Gasteiger charge is -2.25. The molecule has 2 aromatic carbocycles. The molecule has 8 heteroatoms. The van der Waals surface area contributed by atoms with Crippen LogP contribution in [0.15, 0.2) is 75.7 Å². The number of halogens is 1. The summed E-state index contributed by atoms with van der Waals surface area (Å²) in [6, 6.07) is 15.7.